The monoisotopic (exact) mass is 373 g/mol. The number of aromatic amines is 1. The lowest BCUT2D eigenvalue weighted by atomic mass is 9.85. The second-order valence-corrected chi connectivity index (χ2v) is 7.00. The van der Waals surface area contributed by atoms with Crippen LogP contribution in [0.3, 0.4) is 0 Å². The average Bonchev–Trinajstić information content (AvgIpc) is 3.36. The lowest BCUT2D eigenvalue weighted by molar-refractivity contribution is -0.126. The van der Waals surface area contributed by atoms with Gasteiger partial charge in [-0.25, -0.2) is 9.97 Å². The van der Waals surface area contributed by atoms with Crippen LogP contribution in [-0.4, -0.2) is 49.1 Å². The third-order valence-electron chi connectivity index (χ3n) is 4.97. The van der Waals surface area contributed by atoms with Crippen LogP contribution in [-0.2, 0) is 22.6 Å². The van der Waals surface area contributed by atoms with Crippen LogP contribution in [0, 0.1) is 5.92 Å². The Morgan fingerprint density at radius 2 is 2.07 bits per heavy atom. The number of H-pyrrole nitrogens is 1. The van der Waals surface area contributed by atoms with Crippen LogP contribution >= 0.6 is 0 Å². The van der Waals surface area contributed by atoms with E-state index in [-0.39, 0.29) is 23.8 Å². The smallest absolute Gasteiger partial charge is 0.223 e. The standard InChI is InChI=1S/C18H27N7O2/c26-17(2-1-9-25-13-20-12-23-25)24-15-5-3-14(4-6-15)18(27)21-8-7-16-10-19-11-22-16/h10-15H,1-9H2,(H,19,22)(H,21,27)(H,24,26). The molecule has 0 aliphatic heterocycles. The first-order chi connectivity index (χ1) is 13.2. The Bertz CT molecular complexity index is 691. The van der Waals surface area contributed by atoms with Gasteiger partial charge in [0.25, 0.3) is 0 Å². The Hall–Kier alpha value is -2.71. The van der Waals surface area contributed by atoms with E-state index in [1.807, 2.05) is 0 Å². The molecule has 146 valence electrons. The third kappa shape index (κ3) is 6.19. The Morgan fingerprint density at radius 1 is 1.22 bits per heavy atom. The Morgan fingerprint density at radius 3 is 2.78 bits per heavy atom. The Kier molecular flexibility index (Phi) is 6.95. The topological polar surface area (TPSA) is 118 Å². The molecule has 0 spiro atoms. The number of aromatic nitrogens is 5. The van der Waals surface area contributed by atoms with Crippen molar-refractivity contribution in [1.29, 1.82) is 0 Å². The van der Waals surface area contributed by atoms with Gasteiger partial charge < -0.3 is 15.6 Å². The number of nitrogens with zero attached hydrogens (tertiary/aromatic N) is 4. The number of amides is 2. The predicted octanol–water partition coefficient (Wildman–Crippen LogP) is 0.815. The summed E-state index contributed by atoms with van der Waals surface area (Å²) in [5.74, 6) is 0.238. The summed E-state index contributed by atoms with van der Waals surface area (Å²) < 4.78 is 1.73. The van der Waals surface area contributed by atoms with Gasteiger partial charge in [0, 0.05) is 49.8 Å². The van der Waals surface area contributed by atoms with Crippen molar-refractivity contribution in [2.45, 2.75) is 57.5 Å². The van der Waals surface area contributed by atoms with Crippen molar-refractivity contribution in [1.82, 2.24) is 35.4 Å². The SMILES string of the molecule is O=C(CCCn1cncn1)NC1CCC(C(=O)NCCc2cnc[nH]2)CC1. The van der Waals surface area contributed by atoms with E-state index < -0.39 is 0 Å². The van der Waals surface area contributed by atoms with Gasteiger partial charge in [0.2, 0.25) is 11.8 Å². The Labute approximate surface area is 158 Å². The average molecular weight is 373 g/mol. The van der Waals surface area contributed by atoms with Gasteiger partial charge in [-0.2, -0.15) is 5.10 Å². The van der Waals surface area contributed by atoms with Gasteiger partial charge in [-0.05, 0) is 32.1 Å². The van der Waals surface area contributed by atoms with E-state index in [0.29, 0.717) is 19.5 Å². The number of nitrogens with one attached hydrogen (secondary N) is 3. The highest BCUT2D eigenvalue weighted by Gasteiger charge is 2.26. The number of carbonyl (C=O) groups is 2. The molecule has 0 atom stereocenters. The largest absolute Gasteiger partial charge is 0.355 e. The van der Waals surface area contributed by atoms with Crippen LogP contribution in [0.4, 0.5) is 0 Å². The molecule has 0 aromatic carbocycles. The van der Waals surface area contributed by atoms with Gasteiger partial charge in [-0.3, -0.25) is 14.3 Å². The van der Waals surface area contributed by atoms with Crippen LogP contribution < -0.4 is 10.6 Å². The summed E-state index contributed by atoms with van der Waals surface area (Å²) in [5, 5.41) is 10.1. The molecule has 1 saturated carbocycles. The van der Waals surface area contributed by atoms with E-state index in [2.05, 4.69) is 30.7 Å². The summed E-state index contributed by atoms with van der Waals surface area (Å²) in [6.07, 6.45) is 11.9. The minimum atomic E-state index is 0.0484. The molecule has 27 heavy (non-hydrogen) atoms. The maximum atomic E-state index is 12.3. The third-order valence-corrected chi connectivity index (χ3v) is 4.97. The van der Waals surface area contributed by atoms with Crippen LogP contribution in [0.2, 0.25) is 0 Å². The molecular formula is C18H27N7O2. The van der Waals surface area contributed by atoms with E-state index in [4.69, 9.17) is 0 Å². The van der Waals surface area contributed by atoms with Gasteiger partial charge in [0.1, 0.15) is 12.7 Å². The first-order valence-corrected chi connectivity index (χ1v) is 9.57. The summed E-state index contributed by atoms with van der Waals surface area (Å²) in [5.41, 5.74) is 1.02. The molecule has 0 unspecified atom stereocenters. The lowest BCUT2D eigenvalue weighted by Gasteiger charge is -2.28. The van der Waals surface area contributed by atoms with Crippen molar-refractivity contribution in [2.24, 2.45) is 5.92 Å². The highest BCUT2D eigenvalue weighted by atomic mass is 16.2. The fraction of sp³-hybridized carbons (Fsp3) is 0.611. The molecule has 9 heteroatoms. The van der Waals surface area contributed by atoms with Gasteiger partial charge >= 0.3 is 0 Å². The number of carbonyl (C=O) groups excluding carboxylic acids is 2. The molecular weight excluding hydrogens is 346 g/mol. The Balaban J connectivity index is 1.27. The fourth-order valence-electron chi connectivity index (χ4n) is 3.44. The van der Waals surface area contributed by atoms with Gasteiger partial charge in [0.05, 0.1) is 6.33 Å². The van der Waals surface area contributed by atoms with Crippen molar-refractivity contribution < 1.29 is 9.59 Å². The second kappa shape index (κ2) is 9.84. The highest BCUT2D eigenvalue weighted by molar-refractivity contribution is 5.79. The van der Waals surface area contributed by atoms with Crippen molar-refractivity contribution in [3.63, 3.8) is 0 Å². The van der Waals surface area contributed by atoms with Crippen LogP contribution in [0.1, 0.15) is 44.2 Å². The second-order valence-electron chi connectivity index (χ2n) is 7.00. The summed E-state index contributed by atoms with van der Waals surface area (Å²) in [6, 6.07) is 0.179. The molecule has 0 radical (unpaired) electrons. The normalized spacial score (nSPS) is 19.6. The maximum absolute atomic E-state index is 12.3. The van der Waals surface area contributed by atoms with Crippen LogP contribution in [0.25, 0.3) is 0 Å². The van der Waals surface area contributed by atoms with Crippen LogP contribution in [0.15, 0.2) is 25.2 Å². The summed E-state index contributed by atoms with van der Waals surface area (Å²) in [4.78, 5) is 35.2. The molecule has 3 rings (SSSR count). The van der Waals surface area contributed by atoms with Crippen molar-refractivity contribution in [3.05, 3.63) is 30.9 Å². The maximum Gasteiger partial charge on any atom is 0.223 e. The molecule has 9 nitrogen and oxygen atoms in total. The molecule has 2 aromatic heterocycles. The molecule has 2 amide bonds. The minimum absolute atomic E-state index is 0.0484. The number of hydrogen-bond acceptors (Lipinski definition) is 5. The molecule has 1 aliphatic rings. The molecule has 2 aromatic rings. The molecule has 1 aliphatic carbocycles. The molecule has 0 bridgehead atoms. The highest BCUT2D eigenvalue weighted by Crippen LogP contribution is 2.24. The number of imidazole rings is 1. The zero-order chi connectivity index (χ0) is 18.9. The summed E-state index contributed by atoms with van der Waals surface area (Å²) in [6.45, 7) is 1.31. The molecule has 2 heterocycles. The number of hydrogen-bond donors (Lipinski definition) is 3. The fourth-order valence-corrected chi connectivity index (χ4v) is 3.44. The van der Waals surface area contributed by atoms with E-state index in [0.717, 1.165) is 44.2 Å². The zero-order valence-electron chi connectivity index (χ0n) is 15.4. The molecule has 0 saturated heterocycles. The van der Waals surface area contributed by atoms with Gasteiger partial charge in [0.15, 0.2) is 0 Å². The number of aryl methyl sites for hydroxylation is 1. The van der Waals surface area contributed by atoms with E-state index in [1.165, 1.54) is 6.33 Å². The van der Waals surface area contributed by atoms with Crippen molar-refractivity contribution in [3.8, 4) is 0 Å². The first kappa shape index (κ1) is 19.1. The number of rotatable bonds is 9. The van der Waals surface area contributed by atoms with E-state index >= 15 is 0 Å². The first-order valence-electron chi connectivity index (χ1n) is 9.57. The predicted molar refractivity (Wildman–Crippen MR) is 98.4 cm³/mol. The van der Waals surface area contributed by atoms with Gasteiger partial charge in [-0.15, -0.1) is 0 Å². The lowest BCUT2D eigenvalue weighted by Crippen LogP contribution is -2.41. The zero-order valence-corrected chi connectivity index (χ0v) is 15.4. The summed E-state index contributed by atoms with van der Waals surface area (Å²) >= 11 is 0. The van der Waals surface area contributed by atoms with Gasteiger partial charge in [-0.1, -0.05) is 0 Å². The minimum Gasteiger partial charge on any atom is -0.355 e. The van der Waals surface area contributed by atoms with E-state index in [1.54, 1.807) is 23.5 Å². The van der Waals surface area contributed by atoms with Crippen molar-refractivity contribution >= 4 is 11.8 Å². The summed E-state index contributed by atoms with van der Waals surface area (Å²) in [7, 11) is 0. The molecule has 1 fully saturated rings. The quantitative estimate of drug-likeness (QED) is 0.601. The van der Waals surface area contributed by atoms with Crippen molar-refractivity contribution in [2.75, 3.05) is 6.54 Å². The van der Waals surface area contributed by atoms with E-state index in [9.17, 15) is 9.59 Å². The van der Waals surface area contributed by atoms with Crippen LogP contribution in [0.5, 0.6) is 0 Å². The molecule has 3 N–H and O–H groups in total.